The van der Waals surface area contributed by atoms with Gasteiger partial charge in [0, 0.05) is 19.1 Å². The number of hydrogen-bond donors (Lipinski definition) is 0. The summed E-state index contributed by atoms with van der Waals surface area (Å²) < 4.78 is 0. The number of rotatable bonds is 0. The van der Waals surface area contributed by atoms with E-state index in [0.29, 0.717) is 0 Å². The largest absolute Gasteiger partial charge is 0.286 e. The molecule has 3 rings (SSSR count). The van der Waals surface area contributed by atoms with Crippen LogP contribution in [-0.2, 0) is 0 Å². The molecule has 62 valence electrons. The highest BCUT2D eigenvalue weighted by molar-refractivity contribution is 5.03. The van der Waals surface area contributed by atoms with Crippen LogP contribution in [0.25, 0.3) is 0 Å². The van der Waals surface area contributed by atoms with Crippen LogP contribution >= 0.6 is 0 Å². The Kier molecular flexibility index (Phi) is 1.29. The minimum Gasteiger partial charge on any atom is -0.286 e. The van der Waals surface area contributed by atoms with Crippen LogP contribution in [0, 0.1) is 0 Å². The number of nitrogens with zero attached hydrogens (tertiary/aromatic N) is 2. The van der Waals surface area contributed by atoms with E-state index in [4.69, 9.17) is 0 Å². The molecular weight excluding hydrogens is 136 g/mol. The summed E-state index contributed by atoms with van der Waals surface area (Å²) in [5, 5.41) is 0. The molecule has 0 N–H and O–H groups in total. The Balaban J connectivity index is 1.76. The standard InChI is InChI=1S/C9H16N2/c1-2-4-9-10(5-3-1)6-8-7-11(8)9/h8-9H,1-7H2. The molecule has 3 aliphatic rings. The van der Waals surface area contributed by atoms with E-state index in [1.54, 1.807) is 0 Å². The average molecular weight is 152 g/mol. The van der Waals surface area contributed by atoms with Crippen LogP contribution in [0.15, 0.2) is 0 Å². The van der Waals surface area contributed by atoms with Crippen molar-refractivity contribution in [2.24, 2.45) is 0 Å². The van der Waals surface area contributed by atoms with E-state index in [0.717, 1.165) is 12.2 Å². The second-order valence-electron chi connectivity index (χ2n) is 4.18. The third-order valence-electron chi connectivity index (χ3n) is 3.41. The fourth-order valence-electron chi connectivity index (χ4n) is 2.73. The zero-order valence-electron chi connectivity index (χ0n) is 7.00. The summed E-state index contributed by atoms with van der Waals surface area (Å²) in [5.41, 5.74) is 0. The van der Waals surface area contributed by atoms with Crippen LogP contribution in [-0.4, -0.2) is 41.6 Å². The topological polar surface area (TPSA) is 6.25 Å². The van der Waals surface area contributed by atoms with Gasteiger partial charge in [0.25, 0.3) is 0 Å². The predicted molar refractivity (Wildman–Crippen MR) is 44.3 cm³/mol. The highest BCUT2D eigenvalue weighted by atomic mass is 15.5. The second-order valence-corrected chi connectivity index (χ2v) is 4.18. The fraction of sp³-hybridized carbons (Fsp3) is 1.00. The lowest BCUT2D eigenvalue weighted by Gasteiger charge is -2.24. The van der Waals surface area contributed by atoms with Gasteiger partial charge in [0.1, 0.15) is 0 Å². The molecular formula is C9H16N2. The molecule has 3 heterocycles. The van der Waals surface area contributed by atoms with Crippen molar-refractivity contribution < 1.29 is 0 Å². The predicted octanol–water partition coefficient (Wildman–Crippen LogP) is 0.886. The molecule has 0 saturated carbocycles. The quantitative estimate of drug-likeness (QED) is 0.475. The summed E-state index contributed by atoms with van der Waals surface area (Å²) in [6, 6.07) is 0.970. The minimum absolute atomic E-state index is 0.863. The smallest absolute Gasteiger partial charge is 0.0626 e. The Morgan fingerprint density at radius 1 is 1.00 bits per heavy atom. The Bertz CT molecular complexity index is 169. The zero-order valence-corrected chi connectivity index (χ0v) is 7.00. The lowest BCUT2D eigenvalue weighted by atomic mass is 10.2. The lowest BCUT2D eigenvalue weighted by molar-refractivity contribution is 0.179. The van der Waals surface area contributed by atoms with Crippen LogP contribution in [0.1, 0.15) is 25.7 Å². The molecule has 2 heteroatoms. The maximum atomic E-state index is 2.70. The first kappa shape index (κ1) is 6.44. The van der Waals surface area contributed by atoms with Gasteiger partial charge in [-0.3, -0.25) is 9.80 Å². The molecule has 3 aliphatic heterocycles. The maximum absolute atomic E-state index is 2.70. The molecule has 0 aromatic rings. The van der Waals surface area contributed by atoms with Crippen LogP contribution < -0.4 is 0 Å². The molecule has 0 bridgehead atoms. The van der Waals surface area contributed by atoms with E-state index in [1.165, 1.54) is 45.3 Å². The molecule has 3 atom stereocenters. The van der Waals surface area contributed by atoms with Gasteiger partial charge in [0.2, 0.25) is 0 Å². The Morgan fingerprint density at radius 2 is 2.00 bits per heavy atom. The molecule has 0 amide bonds. The summed E-state index contributed by atoms with van der Waals surface area (Å²) in [6.45, 7) is 4.16. The Morgan fingerprint density at radius 3 is 3.00 bits per heavy atom. The van der Waals surface area contributed by atoms with Gasteiger partial charge in [-0.1, -0.05) is 12.8 Å². The van der Waals surface area contributed by atoms with Gasteiger partial charge in [0.15, 0.2) is 0 Å². The van der Waals surface area contributed by atoms with Gasteiger partial charge in [0.05, 0.1) is 6.17 Å². The maximum Gasteiger partial charge on any atom is 0.0626 e. The van der Waals surface area contributed by atoms with E-state index in [2.05, 4.69) is 9.80 Å². The highest BCUT2D eigenvalue weighted by Crippen LogP contribution is 2.36. The average Bonchev–Trinajstić information content (AvgIpc) is 2.73. The summed E-state index contributed by atoms with van der Waals surface area (Å²) in [5.74, 6) is 0. The highest BCUT2D eigenvalue weighted by Gasteiger charge is 2.49. The van der Waals surface area contributed by atoms with Gasteiger partial charge in [-0.2, -0.15) is 0 Å². The fourth-order valence-corrected chi connectivity index (χ4v) is 2.73. The van der Waals surface area contributed by atoms with Crippen molar-refractivity contribution in [1.82, 2.24) is 9.80 Å². The SMILES string of the molecule is C1CCC2N(CC1)CC1CN12. The Labute approximate surface area is 68.2 Å². The van der Waals surface area contributed by atoms with Crippen LogP contribution in [0.3, 0.4) is 0 Å². The summed E-state index contributed by atoms with van der Waals surface area (Å²) in [6.07, 6.45) is 6.67. The first-order valence-corrected chi connectivity index (χ1v) is 4.95. The van der Waals surface area contributed by atoms with Gasteiger partial charge in [-0.05, 0) is 19.4 Å². The summed E-state index contributed by atoms with van der Waals surface area (Å²) in [4.78, 5) is 5.37. The lowest BCUT2D eigenvalue weighted by Crippen LogP contribution is -2.35. The molecule has 2 nitrogen and oxygen atoms in total. The van der Waals surface area contributed by atoms with E-state index in [-0.39, 0.29) is 0 Å². The third-order valence-corrected chi connectivity index (χ3v) is 3.41. The molecule has 0 aromatic heterocycles. The zero-order chi connectivity index (χ0) is 7.26. The van der Waals surface area contributed by atoms with Gasteiger partial charge < -0.3 is 0 Å². The van der Waals surface area contributed by atoms with E-state index < -0.39 is 0 Å². The normalized spacial score (nSPS) is 49.6. The molecule has 3 unspecified atom stereocenters. The molecule has 3 saturated heterocycles. The minimum atomic E-state index is 0.863. The second kappa shape index (κ2) is 2.20. The van der Waals surface area contributed by atoms with E-state index in [9.17, 15) is 0 Å². The molecule has 0 aromatic carbocycles. The van der Waals surface area contributed by atoms with Crippen LogP contribution in [0.4, 0.5) is 0 Å². The third kappa shape index (κ3) is 0.926. The monoisotopic (exact) mass is 152 g/mol. The van der Waals surface area contributed by atoms with Crippen LogP contribution in [0.2, 0.25) is 0 Å². The van der Waals surface area contributed by atoms with Gasteiger partial charge in [-0.25, -0.2) is 0 Å². The summed E-state index contributed by atoms with van der Waals surface area (Å²) >= 11 is 0. The van der Waals surface area contributed by atoms with Crippen molar-refractivity contribution in [3.8, 4) is 0 Å². The number of hydrogen-bond acceptors (Lipinski definition) is 2. The van der Waals surface area contributed by atoms with Crippen molar-refractivity contribution in [1.29, 1.82) is 0 Å². The molecule has 11 heavy (non-hydrogen) atoms. The van der Waals surface area contributed by atoms with Gasteiger partial charge in [-0.15, -0.1) is 0 Å². The van der Waals surface area contributed by atoms with Crippen molar-refractivity contribution in [3.63, 3.8) is 0 Å². The summed E-state index contributed by atoms with van der Waals surface area (Å²) in [7, 11) is 0. The van der Waals surface area contributed by atoms with Gasteiger partial charge >= 0.3 is 0 Å². The van der Waals surface area contributed by atoms with Crippen molar-refractivity contribution in [2.45, 2.75) is 37.9 Å². The van der Waals surface area contributed by atoms with E-state index in [1.807, 2.05) is 0 Å². The molecule has 3 fully saturated rings. The first-order valence-electron chi connectivity index (χ1n) is 4.95. The van der Waals surface area contributed by atoms with Crippen LogP contribution in [0.5, 0.6) is 0 Å². The molecule has 0 radical (unpaired) electrons. The first-order chi connectivity index (χ1) is 5.45. The molecule has 0 spiro atoms. The van der Waals surface area contributed by atoms with Crippen molar-refractivity contribution >= 4 is 0 Å². The Hall–Kier alpha value is -0.0800. The van der Waals surface area contributed by atoms with Crippen molar-refractivity contribution in [2.75, 3.05) is 19.6 Å². The molecule has 0 aliphatic carbocycles. The van der Waals surface area contributed by atoms with Crippen molar-refractivity contribution in [3.05, 3.63) is 0 Å². The number of fused-ring (bicyclic) bond motifs is 3. The van der Waals surface area contributed by atoms with E-state index >= 15 is 0 Å².